The highest BCUT2D eigenvalue weighted by Gasteiger charge is 2.40. The molecule has 1 aromatic rings. The van der Waals surface area contributed by atoms with Crippen LogP contribution in [0.4, 0.5) is 5.82 Å². The molecule has 0 aliphatic carbocycles. The van der Waals surface area contributed by atoms with Crippen molar-refractivity contribution in [1.82, 2.24) is 10.3 Å². The molecule has 132 valence electrons. The largest absolute Gasteiger partial charge is 0.357 e. The molecule has 2 saturated heterocycles. The molecule has 0 spiro atoms. The SMILES string of the molecule is CC1(NC(=O)C2CCN(c3ccc(Cl)cn3)CC2)CCS(=O)(=O)C1. The molecule has 6 nitrogen and oxygen atoms in total. The summed E-state index contributed by atoms with van der Waals surface area (Å²) in [4.78, 5) is 19.0. The van der Waals surface area contributed by atoms with Gasteiger partial charge in [-0.3, -0.25) is 4.79 Å². The van der Waals surface area contributed by atoms with Gasteiger partial charge in [0.05, 0.1) is 22.1 Å². The number of carbonyl (C=O) groups is 1. The fourth-order valence-corrected chi connectivity index (χ4v) is 5.64. The molecule has 3 rings (SSSR count). The average molecular weight is 372 g/mol. The molecule has 1 amide bonds. The Morgan fingerprint density at radius 1 is 1.38 bits per heavy atom. The molecule has 0 saturated carbocycles. The Kier molecular flexibility index (Phi) is 4.75. The van der Waals surface area contributed by atoms with Crippen molar-refractivity contribution in [2.45, 2.75) is 31.7 Å². The zero-order valence-electron chi connectivity index (χ0n) is 13.7. The van der Waals surface area contributed by atoms with Crippen LogP contribution in [-0.2, 0) is 14.6 Å². The van der Waals surface area contributed by atoms with E-state index < -0.39 is 15.4 Å². The van der Waals surface area contributed by atoms with Crippen LogP contribution in [0.15, 0.2) is 18.3 Å². The quantitative estimate of drug-likeness (QED) is 0.873. The van der Waals surface area contributed by atoms with Gasteiger partial charge < -0.3 is 10.2 Å². The van der Waals surface area contributed by atoms with Crippen LogP contribution in [0.1, 0.15) is 26.2 Å². The van der Waals surface area contributed by atoms with E-state index in [1.54, 1.807) is 6.20 Å². The molecular formula is C16H22ClN3O3S. The van der Waals surface area contributed by atoms with Gasteiger partial charge >= 0.3 is 0 Å². The highest BCUT2D eigenvalue weighted by Crippen LogP contribution is 2.26. The fraction of sp³-hybridized carbons (Fsp3) is 0.625. The van der Waals surface area contributed by atoms with Gasteiger partial charge in [-0.15, -0.1) is 0 Å². The molecular weight excluding hydrogens is 350 g/mol. The minimum atomic E-state index is -3.02. The number of rotatable bonds is 3. The molecule has 0 bridgehead atoms. The van der Waals surface area contributed by atoms with Crippen molar-refractivity contribution < 1.29 is 13.2 Å². The van der Waals surface area contributed by atoms with Crippen molar-refractivity contribution in [1.29, 1.82) is 0 Å². The predicted octanol–water partition coefficient (Wildman–Crippen LogP) is 1.64. The molecule has 2 aliphatic rings. The lowest BCUT2D eigenvalue weighted by Gasteiger charge is -2.34. The van der Waals surface area contributed by atoms with E-state index in [-0.39, 0.29) is 23.3 Å². The standard InChI is InChI=1S/C16H22ClN3O3S/c1-16(6-9-24(22,23)11-16)19-15(21)12-4-7-20(8-5-12)14-3-2-13(17)10-18-14/h2-3,10,12H,4-9,11H2,1H3,(H,19,21). The van der Waals surface area contributed by atoms with Crippen LogP contribution in [0.2, 0.25) is 5.02 Å². The molecule has 8 heteroatoms. The van der Waals surface area contributed by atoms with E-state index in [2.05, 4.69) is 15.2 Å². The average Bonchev–Trinajstić information content (AvgIpc) is 2.81. The van der Waals surface area contributed by atoms with Crippen molar-refractivity contribution in [3.63, 3.8) is 0 Å². The van der Waals surface area contributed by atoms with Crippen molar-refractivity contribution in [2.75, 3.05) is 29.5 Å². The Balaban J connectivity index is 1.55. The first-order valence-electron chi connectivity index (χ1n) is 8.15. The van der Waals surface area contributed by atoms with Crippen LogP contribution in [0, 0.1) is 5.92 Å². The fourth-order valence-electron chi connectivity index (χ4n) is 3.43. The van der Waals surface area contributed by atoms with E-state index in [1.807, 2.05) is 19.1 Å². The molecule has 2 aliphatic heterocycles. The summed E-state index contributed by atoms with van der Waals surface area (Å²) in [6.45, 7) is 3.33. The van der Waals surface area contributed by atoms with Gasteiger partial charge in [0.25, 0.3) is 0 Å². The maximum atomic E-state index is 12.5. The normalized spacial score (nSPS) is 27.2. The summed E-state index contributed by atoms with van der Waals surface area (Å²) in [6.07, 6.45) is 3.59. The highest BCUT2D eigenvalue weighted by molar-refractivity contribution is 7.91. The number of halogens is 1. The van der Waals surface area contributed by atoms with E-state index in [0.717, 1.165) is 31.7 Å². The van der Waals surface area contributed by atoms with Gasteiger partial charge in [-0.05, 0) is 38.3 Å². The molecule has 0 aromatic carbocycles. The third kappa shape index (κ3) is 4.00. The van der Waals surface area contributed by atoms with Crippen molar-refractivity contribution in [3.8, 4) is 0 Å². The van der Waals surface area contributed by atoms with Crippen LogP contribution < -0.4 is 10.2 Å². The maximum Gasteiger partial charge on any atom is 0.223 e. The number of amides is 1. The second-order valence-electron chi connectivity index (χ2n) is 6.99. The molecule has 1 aromatic heterocycles. The van der Waals surface area contributed by atoms with Gasteiger partial charge in [0.2, 0.25) is 5.91 Å². The van der Waals surface area contributed by atoms with Gasteiger partial charge in [0.15, 0.2) is 9.84 Å². The molecule has 0 radical (unpaired) electrons. The smallest absolute Gasteiger partial charge is 0.223 e. The summed E-state index contributed by atoms with van der Waals surface area (Å²) < 4.78 is 23.3. The zero-order chi connectivity index (χ0) is 17.4. The maximum absolute atomic E-state index is 12.5. The third-order valence-corrected chi connectivity index (χ3v) is 6.96. The lowest BCUT2D eigenvalue weighted by Crippen LogP contribution is -2.51. The van der Waals surface area contributed by atoms with E-state index in [9.17, 15) is 13.2 Å². The lowest BCUT2D eigenvalue weighted by atomic mass is 9.93. The molecule has 1 atom stereocenters. The minimum absolute atomic E-state index is 0.0293. The van der Waals surface area contributed by atoms with Crippen molar-refractivity contribution in [3.05, 3.63) is 23.4 Å². The minimum Gasteiger partial charge on any atom is -0.357 e. The molecule has 1 N–H and O–H groups in total. The van der Waals surface area contributed by atoms with Gasteiger partial charge in [-0.25, -0.2) is 13.4 Å². The van der Waals surface area contributed by atoms with E-state index in [0.29, 0.717) is 11.4 Å². The van der Waals surface area contributed by atoms with E-state index in [1.165, 1.54) is 0 Å². The summed E-state index contributed by atoms with van der Waals surface area (Å²) in [5, 5.41) is 3.58. The molecule has 1 unspecified atom stereocenters. The number of piperidine rings is 1. The van der Waals surface area contributed by atoms with E-state index >= 15 is 0 Å². The number of anilines is 1. The van der Waals surface area contributed by atoms with Crippen LogP contribution in [0.3, 0.4) is 0 Å². The number of hydrogen-bond donors (Lipinski definition) is 1. The van der Waals surface area contributed by atoms with Crippen LogP contribution >= 0.6 is 11.6 Å². The zero-order valence-corrected chi connectivity index (χ0v) is 15.2. The molecule has 2 fully saturated rings. The number of carbonyl (C=O) groups excluding carboxylic acids is 1. The summed E-state index contributed by atoms with van der Waals surface area (Å²) in [7, 11) is -3.02. The molecule has 24 heavy (non-hydrogen) atoms. The van der Waals surface area contributed by atoms with Crippen LogP contribution in [-0.4, -0.2) is 49.4 Å². The molecule has 3 heterocycles. The Morgan fingerprint density at radius 3 is 2.62 bits per heavy atom. The number of nitrogens with one attached hydrogen (secondary N) is 1. The van der Waals surface area contributed by atoms with Gasteiger partial charge in [0.1, 0.15) is 5.82 Å². The summed E-state index contributed by atoms with van der Waals surface area (Å²) in [6, 6.07) is 3.69. The topological polar surface area (TPSA) is 79.4 Å². The summed E-state index contributed by atoms with van der Waals surface area (Å²) in [5.41, 5.74) is -0.620. The van der Waals surface area contributed by atoms with Crippen LogP contribution in [0.25, 0.3) is 0 Å². The number of hydrogen-bond acceptors (Lipinski definition) is 5. The van der Waals surface area contributed by atoms with Gasteiger partial charge in [0, 0.05) is 25.2 Å². The number of sulfone groups is 1. The first-order chi connectivity index (χ1) is 11.3. The summed E-state index contributed by atoms with van der Waals surface area (Å²) >= 11 is 5.85. The second-order valence-corrected chi connectivity index (χ2v) is 9.61. The number of pyridine rings is 1. The first kappa shape index (κ1) is 17.5. The van der Waals surface area contributed by atoms with Gasteiger partial charge in [-0.2, -0.15) is 0 Å². The van der Waals surface area contributed by atoms with Gasteiger partial charge in [-0.1, -0.05) is 11.6 Å². The first-order valence-corrected chi connectivity index (χ1v) is 10.4. The Labute approximate surface area is 147 Å². The Bertz CT molecular complexity index is 715. The summed E-state index contributed by atoms with van der Waals surface area (Å²) in [5.74, 6) is 0.961. The van der Waals surface area contributed by atoms with Crippen LogP contribution in [0.5, 0.6) is 0 Å². The second kappa shape index (κ2) is 6.52. The van der Waals surface area contributed by atoms with Crippen molar-refractivity contribution >= 4 is 33.2 Å². The Hall–Kier alpha value is -1.34. The monoisotopic (exact) mass is 371 g/mol. The third-order valence-electron chi connectivity index (χ3n) is 4.83. The number of aromatic nitrogens is 1. The lowest BCUT2D eigenvalue weighted by molar-refractivity contribution is -0.127. The van der Waals surface area contributed by atoms with Crippen molar-refractivity contribution in [2.24, 2.45) is 5.92 Å². The highest BCUT2D eigenvalue weighted by atomic mass is 35.5. The van der Waals surface area contributed by atoms with E-state index in [4.69, 9.17) is 11.6 Å². The predicted molar refractivity (Wildman–Crippen MR) is 94.0 cm³/mol. The Morgan fingerprint density at radius 2 is 2.08 bits per heavy atom. The number of nitrogens with zero attached hydrogens (tertiary/aromatic N) is 2.